The molecule has 5 N–H and O–H groups in total. The zero-order valence-electron chi connectivity index (χ0n) is 17.6. The van der Waals surface area contributed by atoms with E-state index in [0.29, 0.717) is 32.7 Å². The number of benzene rings is 2. The molecule has 0 bridgehead atoms. The minimum atomic E-state index is -4.19. The maximum absolute atomic E-state index is 12.7. The van der Waals surface area contributed by atoms with Crippen LogP contribution < -0.4 is 21.5 Å². The van der Waals surface area contributed by atoms with E-state index in [1.165, 1.54) is 30.3 Å². The number of aromatic nitrogens is 1. The van der Waals surface area contributed by atoms with Crippen molar-refractivity contribution in [2.24, 2.45) is 5.90 Å². The standard InChI is InChI=1S/C20H14Cl2N4O7S3/c21-15-9-17(34-18(15)22)36(30,31)25-20(29)24-11-2-4-12(5-3-11)26-16(27)7-10-1-6-13(35-33-32-23)8-14(10)19(26)28/h1-9,28H,23H2,(H2,24,25,29). The van der Waals surface area contributed by atoms with Gasteiger partial charge < -0.3 is 10.4 Å². The third-order valence-electron chi connectivity index (χ3n) is 4.64. The van der Waals surface area contributed by atoms with Gasteiger partial charge in [-0.25, -0.2) is 22.5 Å². The van der Waals surface area contributed by atoms with Crippen LogP contribution >= 0.6 is 46.6 Å². The first-order valence-electron chi connectivity index (χ1n) is 9.57. The molecule has 16 heteroatoms. The van der Waals surface area contributed by atoms with E-state index >= 15 is 0 Å². The van der Waals surface area contributed by atoms with E-state index in [2.05, 4.69) is 14.6 Å². The highest BCUT2D eigenvalue weighted by Crippen LogP contribution is 2.34. The number of amides is 2. The second-order valence-electron chi connectivity index (χ2n) is 6.93. The molecule has 0 fully saturated rings. The summed E-state index contributed by atoms with van der Waals surface area (Å²) < 4.78 is 32.1. The second kappa shape index (κ2) is 10.7. The molecule has 2 amide bonds. The molecule has 0 atom stereocenters. The normalized spacial score (nSPS) is 11.5. The quantitative estimate of drug-likeness (QED) is 0.139. The van der Waals surface area contributed by atoms with Crippen molar-refractivity contribution >= 4 is 79.1 Å². The van der Waals surface area contributed by atoms with Crippen molar-refractivity contribution in [2.75, 3.05) is 5.32 Å². The van der Waals surface area contributed by atoms with Gasteiger partial charge >= 0.3 is 6.03 Å². The number of aromatic hydroxyl groups is 1. The van der Waals surface area contributed by atoms with Gasteiger partial charge in [0.05, 0.1) is 22.8 Å². The van der Waals surface area contributed by atoms with Crippen molar-refractivity contribution in [2.45, 2.75) is 9.10 Å². The Balaban J connectivity index is 1.55. The molecule has 4 rings (SSSR count). The Bertz CT molecular complexity index is 1600. The number of sulfonamides is 1. The lowest BCUT2D eigenvalue weighted by molar-refractivity contribution is -0.195. The lowest BCUT2D eigenvalue weighted by atomic mass is 10.1. The van der Waals surface area contributed by atoms with Gasteiger partial charge in [-0.1, -0.05) is 29.3 Å². The van der Waals surface area contributed by atoms with Gasteiger partial charge in [-0.05, 0) is 47.9 Å². The van der Waals surface area contributed by atoms with E-state index in [0.717, 1.165) is 22.7 Å². The number of pyridine rings is 1. The number of anilines is 1. The zero-order chi connectivity index (χ0) is 26.0. The van der Waals surface area contributed by atoms with E-state index < -0.39 is 21.6 Å². The Labute approximate surface area is 221 Å². The van der Waals surface area contributed by atoms with Crippen LogP contribution in [0.2, 0.25) is 9.36 Å². The van der Waals surface area contributed by atoms with Gasteiger partial charge in [0.25, 0.3) is 15.6 Å². The van der Waals surface area contributed by atoms with Gasteiger partial charge in [-0.2, -0.15) is 5.90 Å². The first-order valence-corrected chi connectivity index (χ1v) is 13.4. The van der Waals surface area contributed by atoms with Crippen LogP contribution in [-0.4, -0.2) is 24.1 Å². The number of urea groups is 1. The number of hydrogen-bond donors (Lipinski definition) is 4. The van der Waals surface area contributed by atoms with E-state index in [1.807, 2.05) is 4.72 Å². The summed E-state index contributed by atoms with van der Waals surface area (Å²) in [6.07, 6.45) is 0. The van der Waals surface area contributed by atoms with Crippen LogP contribution in [0, 0.1) is 0 Å². The second-order valence-corrected chi connectivity index (χ2v) is 11.7. The third-order valence-corrected chi connectivity index (χ3v) is 8.91. The molecule has 188 valence electrons. The zero-order valence-corrected chi connectivity index (χ0v) is 21.6. The summed E-state index contributed by atoms with van der Waals surface area (Å²) in [6, 6.07) is 12.1. The number of halogens is 2. The molecular formula is C20H14Cl2N4O7S3. The molecule has 36 heavy (non-hydrogen) atoms. The largest absolute Gasteiger partial charge is 0.494 e. The number of carbonyl (C=O) groups is 1. The Kier molecular flexibility index (Phi) is 7.77. The number of hydrogen-bond acceptors (Lipinski definition) is 10. The fourth-order valence-corrected chi connectivity index (χ4v) is 6.31. The van der Waals surface area contributed by atoms with Crippen LogP contribution in [0.15, 0.2) is 68.5 Å². The van der Waals surface area contributed by atoms with Crippen LogP contribution in [0.25, 0.3) is 16.5 Å². The molecule has 0 aliphatic carbocycles. The molecule has 0 unspecified atom stereocenters. The van der Waals surface area contributed by atoms with Crippen molar-refractivity contribution in [3.8, 4) is 11.6 Å². The summed E-state index contributed by atoms with van der Waals surface area (Å²) in [5.74, 6) is 4.51. The first kappa shape index (κ1) is 26.2. The Hall–Kier alpha value is -2.82. The van der Waals surface area contributed by atoms with Gasteiger partial charge in [0, 0.05) is 22.0 Å². The van der Waals surface area contributed by atoms with Crippen LogP contribution in [0.3, 0.4) is 0 Å². The lowest BCUT2D eigenvalue weighted by Gasteiger charge is -2.13. The van der Waals surface area contributed by atoms with Gasteiger partial charge in [0.15, 0.2) is 0 Å². The molecule has 0 radical (unpaired) electrons. The average molecular weight is 589 g/mol. The molecule has 4 aromatic rings. The molecule has 0 saturated carbocycles. The molecule has 2 heterocycles. The predicted molar refractivity (Wildman–Crippen MR) is 137 cm³/mol. The van der Waals surface area contributed by atoms with E-state index in [1.54, 1.807) is 18.2 Å². The predicted octanol–water partition coefficient (Wildman–Crippen LogP) is 4.40. The van der Waals surface area contributed by atoms with Crippen molar-refractivity contribution < 1.29 is 27.6 Å². The maximum Gasteiger partial charge on any atom is 0.333 e. The number of thiophene rings is 1. The maximum atomic E-state index is 12.7. The molecule has 0 spiro atoms. The van der Waals surface area contributed by atoms with Crippen LogP contribution in [0.5, 0.6) is 5.88 Å². The summed E-state index contributed by atoms with van der Waals surface area (Å²) in [6.45, 7) is 0. The number of fused-ring (bicyclic) bond motifs is 1. The highest BCUT2D eigenvalue weighted by molar-refractivity contribution is 7.94. The average Bonchev–Trinajstić information content (AvgIpc) is 3.18. The number of nitrogens with two attached hydrogens (primary N) is 1. The van der Waals surface area contributed by atoms with Crippen molar-refractivity contribution in [1.29, 1.82) is 0 Å². The topological polar surface area (TPSA) is 162 Å². The first-order chi connectivity index (χ1) is 17.1. The van der Waals surface area contributed by atoms with Crippen LogP contribution in [0.4, 0.5) is 10.5 Å². The highest BCUT2D eigenvalue weighted by atomic mass is 35.5. The molecule has 0 saturated heterocycles. The van der Waals surface area contributed by atoms with E-state index in [-0.39, 0.29) is 25.1 Å². The fraction of sp³-hybridized carbons (Fsp3) is 0. The Morgan fingerprint density at radius 1 is 1.11 bits per heavy atom. The number of nitrogens with one attached hydrogen (secondary N) is 2. The molecule has 0 aliphatic rings. The van der Waals surface area contributed by atoms with Crippen molar-refractivity contribution in [3.63, 3.8) is 0 Å². The monoisotopic (exact) mass is 588 g/mol. The van der Waals surface area contributed by atoms with E-state index in [9.17, 15) is 23.1 Å². The minimum absolute atomic E-state index is 0.0538. The number of nitrogens with zero attached hydrogens (tertiary/aromatic N) is 1. The fourth-order valence-electron chi connectivity index (χ4n) is 3.12. The number of rotatable bonds is 7. The van der Waals surface area contributed by atoms with Crippen molar-refractivity contribution in [3.05, 3.63) is 74.3 Å². The van der Waals surface area contributed by atoms with Gasteiger partial charge in [-0.15, -0.1) is 20.7 Å². The number of carbonyl (C=O) groups excluding carboxylic acids is 1. The van der Waals surface area contributed by atoms with Gasteiger partial charge in [-0.3, -0.25) is 4.79 Å². The smallest absolute Gasteiger partial charge is 0.333 e. The summed E-state index contributed by atoms with van der Waals surface area (Å²) in [7, 11) is -4.19. The van der Waals surface area contributed by atoms with Crippen molar-refractivity contribution in [1.82, 2.24) is 9.29 Å². The van der Waals surface area contributed by atoms with Crippen LogP contribution in [-0.2, 0) is 19.3 Å². The lowest BCUT2D eigenvalue weighted by Crippen LogP contribution is -2.33. The molecule has 11 nitrogen and oxygen atoms in total. The molecule has 0 aliphatic heterocycles. The Morgan fingerprint density at radius 3 is 2.47 bits per heavy atom. The summed E-state index contributed by atoms with van der Waals surface area (Å²) >= 11 is 13.1. The summed E-state index contributed by atoms with van der Waals surface area (Å²) in [4.78, 5) is 29.5. The minimum Gasteiger partial charge on any atom is -0.494 e. The SMILES string of the molecule is NOOSc1ccc2cc(=O)n(-c3ccc(NC(=O)NS(=O)(=O)c4cc(Cl)c(Cl)s4)cc3)c(O)c2c1. The van der Waals surface area contributed by atoms with Crippen LogP contribution in [0.1, 0.15) is 0 Å². The van der Waals surface area contributed by atoms with Gasteiger partial charge in [0.1, 0.15) is 8.55 Å². The Morgan fingerprint density at radius 2 is 1.83 bits per heavy atom. The molecule has 2 aromatic carbocycles. The summed E-state index contributed by atoms with van der Waals surface area (Å²) in [5.41, 5.74) is 0.0137. The van der Waals surface area contributed by atoms with Gasteiger partial charge in [0.2, 0.25) is 5.88 Å². The highest BCUT2D eigenvalue weighted by Gasteiger charge is 2.22. The third kappa shape index (κ3) is 5.61. The summed E-state index contributed by atoms with van der Waals surface area (Å²) in [5, 5.41) is 14.1. The molecular weight excluding hydrogens is 575 g/mol. The molecule has 2 aromatic heterocycles. The van der Waals surface area contributed by atoms with E-state index in [4.69, 9.17) is 29.1 Å².